The molecule has 20 heavy (non-hydrogen) atoms. The molecule has 0 spiro atoms. The van der Waals surface area contributed by atoms with Crippen LogP contribution in [-0.4, -0.2) is 23.9 Å². The highest BCUT2D eigenvalue weighted by molar-refractivity contribution is 7.99. The molecule has 1 fully saturated rings. The minimum absolute atomic E-state index is 0.201. The molecule has 6 heteroatoms. The Hall–Kier alpha value is -0.420. The Kier molecular flexibility index (Phi) is 5.24. The van der Waals surface area contributed by atoms with E-state index < -0.39 is 5.54 Å². The molecule has 0 radical (unpaired) electrons. The van der Waals surface area contributed by atoms with Gasteiger partial charge in [0.2, 0.25) is 0 Å². The largest absolute Gasteiger partial charge is 0.465 e. The van der Waals surface area contributed by atoms with Gasteiger partial charge in [-0.25, -0.2) is 0 Å². The summed E-state index contributed by atoms with van der Waals surface area (Å²) in [6.07, 6.45) is 1.94. The predicted molar refractivity (Wildman–Crippen MR) is 83.5 cm³/mol. The fourth-order valence-electron chi connectivity index (χ4n) is 1.99. The Labute approximate surface area is 133 Å². The molecule has 1 atom stereocenters. The number of ether oxygens (including phenoxy) is 1. The standard InChI is InChI=1S/C14H17Cl2NO2S/c1-2-19-13(18)14(17,9-3-4-9)8-20-12-7-10(15)5-6-11(12)16/h5-7,9H,2-4,8,17H2,1H3. The zero-order valence-corrected chi connectivity index (χ0v) is 13.5. The summed E-state index contributed by atoms with van der Waals surface area (Å²) in [6, 6.07) is 5.26. The maximum absolute atomic E-state index is 12.1. The maximum Gasteiger partial charge on any atom is 0.327 e. The number of nitrogens with two attached hydrogens (primary N) is 1. The average molecular weight is 334 g/mol. The first kappa shape index (κ1) is 16.0. The summed E-state index contributed by atoms with van der Waals surface area (Å²) < 4.78 is 5.11. The van der Waals surface area contributed by atoms with E-state index in [0.29, 0.717) is 22.4 Å². The number of benzene rings is 1. The van der Waals surface area contributed by atoms with Crippen LogP contribution in [-0.2, 0) is 9.53 Å². The number of thioether (sulfide) groups is 1. The van der Waals surface area contributed by atoms with Crippen molar-refractivity contribution in [3.05, 3.63) is 28.2 Å². The Morgan fingerprint density at radius 2 is 2.20 bits per heavy atom. The summed E-state index contributed by atoms with van der Waals surface area (Å²) in [6.45, 7) is 2.12. The van der Waals surface area contributed by atoms with Gasteiger partial charge in [0.15, 0.2) is 0 Å². The number of rotatable bonds is 6. The Balaban J connectivity index is 2.09. The third kappa shape index (κ3) is 3.61. The van der Waals surface area contributed by atoms with Crippen LogP contribution in [0.4, 0.5) is 0 Å². The van der Waals surface area contributed by atoms with Gasteiger partial charge < -0.3 is 10.5 Å². The summed E-state index contributed by atoms with van der Waals surface area (Å²) in [5.41, 5.74) is 5.36. The number of carbonyl (C=O) groups is 1. The zero-order valence-electron chi connectivity index (χ0n) is 11.2. The van der Waals surface area contributed by atoms with Gasteiger partial charge in [-0.3, -0.25) is 4.79 Å². The number of carbonyl (C=O) groups excluding carboxylic acids is 1. The van der Waals surface area contributed by atoms with Crippen LogP contribution in [0.3, 0.4) is 0 Å². The molecular weight excluding hydrogens is 317 g/mol. The lowest BCUT2D eigenvalue weighted by Crippen LogP contribution is -2.53. The number of esters is 1. The second kappa shape index (κ2) is 6.56. The van der Waals surface area contributed by atoms with Gasteiger partial charge in [-0.05, 0) is 43.9 Å². The molecular formula is C14H17Cl2NO2S. The topological polar surface area (TPSA) is 52.3 Å². The monoisotopic (exact) mass is 333 g/mol. The van der Waals surface area contributed by atoms with Crippen molar-refractivity contribution in [3.63, 3.8) is 0 Å². The van der Waals surface area contributed by atoms with Gasteiger partial charge in [0, 0.05) is 15.7 Å². The van der Waals surface area contributed by atoms with Crippen LogP contribution < -0.4 is 5.73 Å². The van der Waals surface area contributed by atoms with E-state index in [-0.39, 0.29) is 11.9 Å². The molecule has 1 unspecified atom stereocenters. The Morgan fingerprint density at radius 1 is 1.50 bits per heavy atom. The number of hydrogen-bond acceptors (Lipinski definition) is 4. The van der Waals surface area contributed by atoms with Crippen molar-refractivity contribution in [2.24, 2.45) is 11.7 Å². The van der Waals surface area contributed by atoms with Gasteiger partial charge in [0.1, 0.15) is 5.54 Å². The molecule has 1 aliphatic rings. The van der Waals surface area contributed by atoms with Gasteiger partial charge >= 0.3 is 5.97 Å². The second-order valence-corrected chi connectivity index (χ2v) is 6.76. The molecule has 2 N–H and O–H groups in total. The molecule has 0 aromatic heterocycles. The summed E-state index contributed by atoms with van der Waals surface area (Å²) in [4.78, 5) is 12.9. The molecule has 1 aromatic carbocycles. The third-order valence-corrected chi connectivity index (χ3v) is 5.27. The molecule has 1 aromatic rings. The molecule has 2 rings (SSSR count). The van der Waals surface area contributed by atoms with Crippen molar-refractivity contribution in [2.45, 2.75) is 30.2 Å². The Morgan fingerprint density at radius 3 is 2.80 bits per heavy atom. The van der Waals surface area contributed by atoms with E-state index in [0.717, 1.165) is 17.7 Å². The highest BCUT2D eigenvalue weighted by atomic mass is 35.5. The summed E-state index contributed by atoms with van der Waals surface area (Å²) >= 11 is 13.5. The minimum atomic E-state index is -0.938. The van der Waals surface area contributed by atoms with Crippen LogP contribution in [0.25, 0.3) is 0 Å². The van der Waals surface area contributed by atoms with E-state index in [4.69, 9.17) is 33.7 Å². The van der Waals surface area contributed by atoms with Gasteiger partial charge in [0.05, 0.1) is 11.6 Å². The van der Waals surface area contributed by atoms with Crippen molar-refractivity contribution in [2.75, 3.05) is 12.4 Å². The van der Waals surface area contributed by atoms with Crippen LogP contribution in [0.5, 0.6) is 0 Å². The van der Waals surface area contributed by atoms with E-state index in [9.17, 15) is 4.79 Å². The van der Waals surface area contributed by atoms with Crippen molar-refractivity contribution < 1.29 is 9.53 Å². The van der Waals surface area contributed by atoms with Crippen molar-refractivity contribution >= 4 is 40.9 Å². The molecule has 1 aliphatic carbocycles. The van der Waals surface area contributed by atoms with Crippen LogP contribution in [0.15, 0.2) is 23.1 Å². The molecule has 110 valence electrons. The SMILES string of the molecule is CCOC(=O)C(N)(CSc1cc(Cl)ccc1Cl)C1CC1. The van der Waals surface area contributed by atoms with Crippen LogP contribution in [0, 0.1) is 5.92 Å². The smallest absolute Gasteiger partial charge is 0.327 e. The van der Waals surface area contributed by atoms with Gasteiger partial charge in [0.25, 0.3) is 0 Å². The lowest BCUT2D eigenvalue weighted by atomic mass is 9.97. The van der Waals surface area contributed by atoms with Crippen molar-refractivity contribution in [3.8, 4) is 0 Å². The summed E-state index contributed by atoms with van der Waals surface area (Å²) in [5, 5.41) is 1.23. The predicted octanol–water partition coefficient (Wildman–Crippen LogP) is 3.76. The van der Waals surface area contributed by atoms with Crippen molar-refractivity contribution in [1.82, 2.24) is 0 Å². The van der Waals surface area contributed by atoms with Crippen molar-refractivity contribution in [1.29, 1.82) is 0 Å². The molecule has 0 heterocycles. The maximum atomic E-state index is 12.1. The van der Waals surface area contributed by atoms with Crippen LogP contribution in [0.1, 0.15) is 19.8 Å². The minimum Gasteiger partial charge on any atom is -0.465 e. The van der Waals surface area contributed by atoms with E-state index in [1.807, 2.05) is 0 Å². The summed E-state index contributed by atoms with van der Waals surface area (Å²) in [5.74, 6) is 0.316. The zero-order chi connectivity index (χ0) is 14.8. The quantitative estimate of drug-likeness (QED) is 0.636. The molecule has 0 amide bonds. The van der Waals surface area contributed by atoms with Gasteiger partial charge in [-0.15, -0.1) is 11.8 Å². The first-order valence-electron chi connectivity index (χ1n) is 6.51. The van der Waals surface area contributed by atoms with Gasteiger partial charge in [-0.2, -0.15) is 0 Å². The van der Waals surface area contributed by atoms with Gasteiger partial charge in [-0.1, -0.05) is 23.2 Å². The third-order valence-electron chi connectivity index (χ3n) is 3.32. The van der Waals surface area contributed by atoms with Crippen LogP contribution in [0.2, 0.25) is 10.0 Å². The van der Waals surface area contributed by atoms with E-state index in [2.05, 4.69) is 0 Å². The average Bonchev–Trinajstić information content (AvgIpc) is 3.24. The number of hydrogen-bond donors (Lipinski definition) is 1. The first-order chi connectivity index (χ1) is 9.47. The summed E-state index contributed by atoms with van der Waals surface area (Å²) in [7, 11) is 0. The molecule has 0 aliphatic heterocycles. The van der Waals surface area contributed by atoms with E-state index in [1.165, 1.54) is 11.8 Å². The number of halogens is 2. The first-order valence-corrected chi connectivity index (χ1v) is 8.25. The molecule has 1 saturated carbocycles. The Bertz CT molecular complexity index is 508. The normalized spacial score (nSPS) is 17.6. The lowest BCUT2D eigenvalue weighted by molar-refractivity contribution is -0.149. The fourth-order valence-corrected chi connectivity index (χ4v) is 3.67. The second-order valence-electron chi connectivity index (χ2n) is 4.90. The lowest BCUT2D eigenvalue weighted by Gasteiger charge is -2.26. The molecule has 0 bridgehead atoms. The van der Waals surface area contributed by atoms with E-state index in [1.54, 1.807) is 25.1 Å². The fraction of sp³-hybridized carbons (Fsp3) is 0.500. The highest BCUT2D eigenvalue weighted by Crippen LogP contribution is 2.42. The van der Waals surface area contributed by atoms with Crippen LogP contribution >= 0.6 is 35.0 Å². The molecule has 0 saturated heterocycles. The highest BCUT2D eigenvalue weighted by Gasteiger charge is 2.49. The molecule has 3 nitrogen and oxygen atoms in total. The van der Waals surface area contributed by atoms with E-state index >= 15 is 0 Å².